The van der Waals surface area contributed by atoms with Crippen molar-refractivity contribution in [1.29, 1.82) is 0 Å². The Morgan fingerprint density at radius 3 is 1.83 bits per heavy atom. The predicted molar refractivity (Wildman–Crippen MR) is 72.5 cm³/mol. The Hall–Kier alpha value is -0.160. The zero-order valence-electron chi connectivity index (χ0n) is 11.6. The first kappa shape index (κ1) is 15.9. The second kappa shape index (κ2) is 8.86. The summed E-state index contributed by atoms with van der Waals surface area (Å²) in [6.45, 7) is 3.06. The Balaban J connectivity index is 2.07. The largest absolute Gasteiger partial charge is 0.395 e. The molecule has 0 aromatic heterocycles. The molecule has 2 unspecified atom stereocenters. The van der Waals surface area contributed by atoms with Crippen molar-refractivity contribution in [3.05, 3.63) is 0 Å². The predicted octanol–water partition coefficient (Wildman–Crippen LogP) is 1.14. The van der Waals surface area contributed by atoms with Gasteiger partial charge >= 0.3 is 0 Å². The lowest BCUT2D eigenvalue weighted by Gasteiger charge is -2.51. The van der Waals surface area contributed by atoms with E-state index in [0.29, 0.717) is 0 Å². The second-order valence-corrected chi connectivity index (χ2v) is 5.35. The van der Waals surface area contributed by atoms with Crippen molar-refractivity contribution in [2.75, 3.05) is 19.8 Å². The van der Waals surface area contributed by atoms with E-state index in [1.165, 1.54) is 38.5 Å². The van der Waals surface area contributed by atoms with Crippen molar-refractivity contribution in [1.82, 2.24) is 4.90 Å². The summed E-state index contributed by atoms with van der Waals surface area (Å²) in [5.74, 6) is 0. The minimum absolute atomic E-state index is 0.0197. The van der Waals surface area contributed by atoms with Crippen LogP contribution >= 0.6 is 0 Å². The number of likely N-dealkylation sites (tertiary alicyclic amines) is 1. The molecule has 0 aliphatic carbocycles. The van der Waals surface area contributed by atoms with Gasteiger partial charge in [-0.1, -0.05) is 45.4 Å². The minimum atomic E-state index is -0.565. The number of rotatable bonds is 10. The summed E-state index contributed by atoms with van der Waals surface area (Å²) >= 11 is 0. The molecule has 108 valence electrons. The normalized spacial score (nSPS) is 28.3. The zero-order chi connectivity index (χ0) is 13.4. The van der Waals surface area contributed by atoms with Gasteiger partial charge in [-0.3, -0.25) is 4.90 Å². The molecule has 3 N–H and O–H groups in total. The van der Waals surface area contributed by atoms with Crippen LogP contribution < -0.4 is 0 Å². The maximum absolute atomic E-state index is 9.68. The van der Waals surface area contributed by atoms with E-state index in [-0.39, 0.29) is 25.3 Å². The number of aliphatic hydroxyl groups is 3. The minimum Gasteiger partial charge on any atom is -0.395 e. The smallest absolute Gasteiger partial charge is 0.0895 e. The molecule has 1 heterocycles. The first-order chi connectivity index (χ1) is 8.76. The van der Waals surface area contributed by atoms with Crippen LogP contribution in [0.3, 0.4) is 0 Å². The van der Waals surface area contributed by atoms with Crippen molar-refractivity contribution < 1.29 is 15.3 Å². The van der Waals surface area contributed by atoms with E-state index in [9.17, 15) is 5.11 Å². The maximum atomic E-state index is 9.68. The van der Waals surface area contributed by atoms with Crippen LogP contribution in [0.5, 0.6) is 0 Å². The highest BCUT2D eigenvalue weighted by molar-refractivity contribution is 5.00. The van der Waals surface area contributed by atoms with Gasteiger partial charge in [-0.25, -0.2) is 0 Å². The topological polar surface area (TPSA) is 63.9 Å². The first-order valence-corrected chi connectivity index (χ1v) is 7.41. The van der Waals surface area contributed by atoms with Crippen LogP contribution in [-0.2, 0) is 0 Å². The van der Waals surface area contributed by atoms with Crippen molar-refractivity contribution >= 4 is 0 Å². The van der Waals surface area contributed by atoms with Crippen LogP contribution in [-0.4, -0.2) is 58.2 Å². The lowest BCUT2D eigenvalue weighted by atomic mass is 9.89. The second-order valence-electron chi connectivity index (χ2n) is 5.35. The van der Waals surface area contributed by atoms with E-state index in [0.717, 1.165) is 13.0 Å². The Morgan fingerprint density at radius 1 is 0.833 bits per heavy atom. The van der Waals surface area contributed by atoms with Crippen LogP contribution in [0.2, 0.25) is 0 Å². The van der Waals surface area contributed by atoms with Crippen LogP contribution in [0.25, 0.3) is 0 Å². The fourth-order valence-electron chi connectivity index (χ4n) is 2.80. The molecule has 3 atom stereocenters. The van der Waals surface area contributed by atoms with Gasteiger partial charge in [-0.15, -0.1) is 0 Å². The van der Waals surface area contributed by atoms with Gasteiger partial charge in [0.05, 0.1) is 31.4 Å². The molecule has 0 saturated carbocycles. The van der Waals surface area contributed by atoms with Crippen molar-refractivity contribution in [3.63, 3.8) is 0 Å². The lowest BCUT2D eigenvalue weighted by Crippen LogP contribution is -2.70. The van der Waals surface area contributed by atoms with Crippen LogP contribution in [0.15, 0.2) is 0 Å². The molecule has 0 amide bonds. The van der Waals surface area contributed by atoms with E-state index in [2.05, 4.69) is 6.92 Å². The molecular formula is C14H29NO3. The molecular weight excluding hydrogens is 230 g/mol. The van der Waals surface area contributed by atoms with E-state index < -0.39 is 6.10 Å². The third kappa shape index (κ3) is 4.19. The molecule has 1 fully saturated rings. The zero-order valence-corrected chi connectivity index (χ0v) is 11.6. The Morgan fingerprint density at radius 2 is 1.33 bits per heavy atom. The summed E-state index contributed by atoms with van der Waals surface area (Å²) < 4.78 is 0. The lowest BCUT2D eigenvalue weighted by molar-refractivity contribution is -0.148. The standard InChI is InChI=1S/C14H29NO3/c1-2-3-4-5-6-7-8-9-15-12(10-16)14(18)13(15)11-17/h12-14,16-18H,2-11H2,1H3/t12-,13?,14?/m0/s1. The fourth-order valence-corrected chi connectivity index (χ4v) is 2.80. The molecule has 0 aromatic carbocycles. The van der Waals surface area contributed by atoms with Crippen molar-refractivity contribution in [2.24, 2.45) is 0 Å². The van der Waals surface area contributed by atoms with Gasteiger partial charge in [-0.2, -0.15) is 0 Å². The summed E-state index contributed by atoms with van der Waals surface area (Å²) in [5, 5.41) is 28.0. The third-order valence-corrected chi connectivity index (χ3v) is 4.03. The van der Waals surface area contributed by atoms with Gasteiger partial charge in [-0.05, 0) is 13.0 Å². The van der Waals surface area contributed by atoms with Crippen LogP contribution in [0.1, 0.15) is 51.9 Å². The fraction of sp³-hybridized carbons (Fsp3) is 1.00. The van der Waals surface area contributed by atoms with E-state index in [1.807, 2.05) is 4.90 Å². The molecule has 0 bridgehead atoms. The van der Waals surface area contributed by atoms with Crippen LogP contribution in [0, 0.1) is 0 Å². The molecule has 4 heteroatoms. The average Bonchev–Trinajstić information content (AvgIpc) is 2.37. The Kier molecular flexibility index (Phi) is 7.82. The molecule has 18 heavy (non-hydrogen) atoms. The van der Waals surface area contributed by atoms with Gasteiger partial charge < -0.3 is 15.3 Å². The van der Waals surface area contributed by atoms with E-state index in [4.69, 9.17) is 10.2 Å². The number of hydrogen-bond donors (Lipinski definition) is 3. The number of aliphatic hydroxyl groups excluding tert-OH is 3. The highest BCUT2D eigenvalue weighted by Gasteiger charge is 2.45. The summed E-state index contributed by atoms with van der Waals surface area (Å²) in [5.41, 5.74) is 0. The molecule has 0 aromatic rings. The molecule has 1 aliphatic heterocycles. The van der Waals surface area contributed by atoms with Gasteiger partial charge in [0.15, 0.2) is 0 Å². The quantitative estimate of drug-likeness (QED) is 0.515. The summed E-state index contributed by atoms with van der Waals surface area (Å²) in [6, 6.07) is -0.329. The summed E-state index contributed by atoms with van der Waals surface area (Å²) in [6.07, 6.45) is 8.24. The summed E-state index contributed by atoms with van der Waals surface area (Å²) in [4.78, 5) is 2.04. The molecule has 1 saturated heterocycles. The maximum Gasteiger partial charge on any atom is 0.0895 e. The van der Waals surface area contributed by atoms with Crippen molar-refractivity contribution in [3.8, 4) is 0 Å². The van der Waals surface area contributed by atoms with E-state index in [1.54, 1.807) is 0 Å². The van der Waals surface area contributed by atoms with Gasteiger partial charge in [0.25, 0.3) is 0 Å². The highest BCUT2D eigenvalue weighted by Crippen LogP contribution is 2.26. The monoisotopic (exact) mass is 259 g/mol. The van der Waals surface area contributed by atoms with Gasteiger partial charge in [0, 0.05) is 0 Å². The SMILES string of the molecule is CCCCCCCCCN1C(CO)C(O)[C@@H]1CO. The third-order valence-electron chi connectivity index (χ3n) is 4.03. The molecule has 4 nitrogen and oxygen atoms in total. The average molecular weight is 259 g/mol. The summed E-state index contributed by atoms with van der Waals surface area (Å²) in [7, 11) is 0. The molecule has 1 rings (SSSR count). The molecule has 1 aliphatic rings. The molecule has 0 spiro atoms. The number of nitrogens with zero attached hydrogens (tertiary/aromatic N) is 1. The number of hydrogen-bond acceptors (Lipinski definition) is 4. The Labute approximate surface area is 111 Å². The van der Waals surface area contributed by atoms with Crippen molar-refractivity contribution in [2.45, 2.75) is 70.1 Å². The van der Waals surface area contributed by atoms with Gasteiger partial charge in [0.1, 0.15) is 0 Å². The highest BCUT2D eigenvalue weighted by atomic mass is 16.3. The number of unbranched alkanes of at least 4 members (excludes halogenated alkanes) is 6. The van der Waals surface area contributed by atoms with E-state index >= 15 is 0 Å². The van der Waals surface area contributed by atoms with Gasteiger partial charge in [0.2, 0.25) is 0 Å². The van der Waals surface area contributed by atoms with Crippen LogP contribution in [0.4, 0.5) is 0 Å². The first-order valence-electron chi connectivity index (χ1n) is 7.41. The molecule has 0 radical (unpaired) electrons. The Bertz CT molecular complexity index is 201.